The number of rotatable bonds is 6. The van der Waals surface area contributed by atoms with Crippen molar-refractivity contribution in [3.05, 3.63) is 64.1 Å². The van der Waals surface area contributed by atoms with Crippen LogP contribution in [0.4, 0.5) is 0 Å². The summed E-state index contributed by atoms with van der Waals surface area (Å²) in [6, 6.07) is 11.5. The molecule has 0 saturated heterocycles. The van der Waals surface area contributed by atoms with Crippen LogP contribution in [0.2, 0.25) is 0 Å². The van der Waals surface area contributed by atoms with E-state index in [0.29, 0.717) is 18.9 Å². The van der Waals surface area contributed by atoms with Crippen LogP contribution in [0.5, 0.6) is 5.75 Å². The molecular weight excluding hydrogens is 264 g/mol. The van der Waals surface area contributed by atoms with Crippen LogP contribution >= 0.6 is 0 Å². The average molecular weight is 286 g/mol. The summed E-state index contributed by atoms with van der Waals surface area (Å²) in [5, 5.41) is 0. The fourth-order valence-electron chi connectivity index (χ4n) is 2.08. The second-order valence-corrected chi connectivity index (χ2v) is 5.21. The number of aromatic nitrogens is 1. The van der Waals surface area contributed by atoms with Gasteiger partial charge in [0.2, 0.25) is 0 Å². The second kappa shape index (κ2) is 7.09. The van der Waals surface area contributed by atoms with E-state index in [1.54, 1.807) is 16.8 Å². The monoisotopic (exact) mass is 286 g/mol. The summed E-state index contributed by atoms with van der Waals surface area (Å²) in [6.07, 6.45) is 2.58. The smallest absolute Gasteiger partial charge is 0.292 e. The minimum absolute atomic E-state index is 0.0192. The van der Waals surface area contributed by atoms with Crippen molar-refractivity contribution in [3.8, 4) is 5.75 Å². The molecule has 2 aromatic rings. The third kappa shape index (κ3) is 3.95. The molecule has 0 aliphatic heterocycles. The first-order valence-electron chi connectivity index (χ1n) is 7.24. The van der Waals surface area contributed by atoms with Crippen molar-refractivity contribution in [1.82, 2.24) is 4.57 Å². The van der Waals surface area contributed by atoms with E-state index in [0.717, 1.165) is 17.5 Å². The molecular formula is C17H22N2O2. The molecule has 0 fully saturated rings. The Kier molecular flexibility index (Phi) is 5.17. The Bertz CT molecular complexity index is 649. The molecule has 112 valence electrons. The van der Waals surface area contributed by atoms with E-state index >= 15 is 0 Å². The number of aryl methyl sites for hydroxylation is 1. The largest absolute Gasteiger partial charge is 0.483 e. The molecule has 4 heteroatoms. The van der Waals surface area contributed by atoms with Crippen LogP contribution < -0.4 is 16.0 Å². The zero-order valence-electron chi connectivity index (χ0n) is 12.6. The lowest BCUT2D eigenvalue weighted by Crippen LogP contribution is -2.31. The minimum atomic E-state index is -0.130. The lowest BCUT2D eigenvalue weighted by atomic mass is 10.1. The predicted octanol–water partition coefficient (Wildman–Crippen LogP) is 2.47. The SMILES string of the molecule is CCC(N)Cn1cccc(OCc2ccccc2C)c1=O. The highest BCUT2D eigenvalue weighted by Gasteiger charge is 2.08. The van der Waals surface area contributed by atoms with Crippen LogP contribution in [0.15, 0.2) is 47.4 Å². The maximum absolute atomic E-state index is 12.3. The van der Waals surface area contributed by atoms with E-state index < -0.39 is 0 Å². The van der Waals surface area contributed by atoms with Crippen molar-refractivity contribution in [2.24, 2.45) is 5.73 Å². The number of nitrogens with two attached hydrogens (primary N) is 1. The zero-order chi connectivity index (χ0) is 15.2. The first-order chi connectivity index (χ1) is 10.1. The highest BCUT2D eigenvalue weighted by molar-refractivity contribution is 5.26. The molecule has 1 unspecified atom stereocenters. The van der Waals surface area contributed by atoms with Gasteiger partial charge in [-0.25, -0.2) is 0 Å². The van der Waals surface area contributed by atoms with Gasteiger partial charge in [-0.05, 0) is 36.6 Å². The fourth-order valence-corrected chi connectivity index (χ4v) is 2.08. The molecule has 1 aromatic carbocycles. The van der Waals surface area contributed by atoms with E-state index in [1.807, 2.05) is 44.2 Å². The van der Waals surface area contributed by atoms with E-state index in [9.17, 15) is 4.79 Å². The Balaban J connectivity index is 2.12. The summed E-state index contributed by atoms with van der Waals surface area (Å²) in [6.45, 7) is 4.94. The molecule has 0 radical (unpaired) electrons. The molecule has 0 amide bonds. The van der Waals surface area contributed by atoms with Gasteiger partial charge in [-0.1, -0.05) is 31.2 Å². The van der Waals surface area contributed by atoms with Crippen LogP contribution in [0.3, 0.4) is 0 Å². The van der Waals surface area contributed by atoms with E-state index in [1.165, 1.54) is 0 Å². The van der Waals surface area contributed by atoms with Crippen LogP contribution in [0.1, 0.15) is 24.5 Å². The van der Waals surface area contributed by atoms with Crippen LogP contribution in [0, 0.1) is 6.92 Å². The normalized spacial score (nSPS) is 12.1. The van der Waals surface area contributed by atoms with Crippen LogP contribution in [0.25, 0.3) is 0 Å². The maximum Gasteiger partial charge on any atom is 0.292 e. The summed E-state index contributed by atoms with van der Waals surface area (Å²) in [7, 11) is 0. The van der Waals surface area contributed by atoms with Gasteiger partial charge >= 0.3 is 0 Å². The molecule has 2 N–H and O–H groups in total. The van der Waals surface area contributed by atoms with Gasteiger partial charge in [-0.2, -0.15) is 0 Å². The molecule has 4 nitrogen and oxygen atoms in total. The Morgan fingerprint density at radius 2 is 2.00 bits per heavy atom. The predicted molar refractivity (Wildman–Crippen MR) is 84.5 cm³/mol. The number of hydrogen-bond acceptors (Lipinski definition) is 3. The number of ether oxygens (including phenoxy) is 1. The lowest BCUT2D eigenvalue weighted by molar-refractivity contribution is 0.297. The third-order valence-corrected chi connectivity index (χ3v) is 3.59. The van der Waals surface area contributed by atoms with Gasteiger partial charge in [0.25, 0.3) is 5.56 Å². The Hall–Kier alpha value is -2.07. The Morgan fingerprint density at radius 3 is 2.71 bits per heavy atom. The first kappa shape index (κ1) is 15.3. The Labute approximate surface area is 125 Å². The molecule has 1 aromatic heterocycles. The second-order valence-electron chi connectivity index (χ2n) is 5.21. The molecule has 1 atom stereocenters. The quantitative estimate of drug-likeness (QED) is 0.887. The lowest BCUT2D eigenvalue weighted by Gasteiger charge is -2.13. The van der Waals surface area contributed by atoms with Crippen molar-refractivity contribution < 1.29 is 4.74 Å². The fraction of sp³-hybridized carbons (Fsp3) is 0.353. The number of hydrogen-bond donors (Lipinski definition) is 1. The Morgan fingerprint density at radius 1 is 1.24 bits per heavy atom. The molecule has 1 heterocycles. The van der Waals surface area contributed by atoms with E-state index in [2.05, 4.69) is 0 Å². The van der Waals surface area contributed by atoms with Crippen molar-refractivity contribution in [1.29, 1.82) is 0 Å². The molecule has 0 saturated carbocycles. The van der Waals surface area contributed by atoms with Crippen LogP contribution in [-0.4, -0.2) is 10.6 Å². The molecule has 2 rings (SSSR count). The van der Waals surface area contributed by atoms with Gasteiger partial charge in [0, 0.05) is 18.8 Å². The molecule has 0 bridgehead atoms. The van der Waals surface area contributed by atoms with Crippen molar-refractivity contribution in [3.63, 3.8) is 0 Å². The standard InChI is InChI=1S/C17H22N2O2/c1-3-15(18)11-19-10-6-9-16(17(19)20)21-12-14-8-5-4-7-13(14)2/h4-10,15H,3,11-12,18H2,1-2H3. The molecule has 0 aliphatic carbocycles. The van der Waals surface area contributed by atoms with Crippen molar-refractivity contribution in [2.75, 3.05) is 0 Å². The average Bonchev–Trinajstić information content (AvgIpc) is 2.49. The van der Waals surface area contributed by atoms with Gasteiger partial charge in [0.1, 0.15) is 6.61 Å². The summed E-state index contributed by atoms with van der Waals surface area (Å²) < 4.78 is 7.30. The molecule has 0 spiro atoms. The summed E-state index contributed by atoms with van der Waals surface area (Å²) >= 11 is 0. The van der Waals surface area contributed by atoms with Crippen molar-refractivity contribution in [2.45, 2.75) is 39.5 Å². The summed E-state index contributed by atoms with van der Waals surface area (Å²) in [5.41, 5.74) is 8.01. The third-order valence-electron chi connectivity index (χ3n) is 3.59. The van der Waals surface area contributed by atoms with Crippen molar-refractivity contribution >= 4 is 0 Å². The first-order valence-corrected chi connectivity index (χ1v) is 7.24. The maximum atomic E-state index is 12.3. The van der Waals surface area contributed by atoms with Gasteiger partial charge in [-0.15, -0.1) is 0 Å². The number of nitrogens with zero attached hydrogens (tertiary/aromatic N) is 1. The zero-order valence-corrected chi connectivity index (χ0v) is 12.6. The topological polar surface area (TPSA) is 57.2 Å². The van der Waals surface area contributed by atoms with E-state index in [-0.39, 0.29) is 11.6 Å². The number of pyridine rings is 1. The number of benzene rings is 1. The summed E-state index contributed by atoms with van der Waals surface area (Å²) in [4.78, 5) is 12.3. The molecule has 0 aliphatic rings. The highest BCUT2D eigenvalue weighted by Crippen LogP contribution is 2.11. The van der Waals surface area contributed by atoms with E-state index in [4.69, 9.17) is 10.5 Å². The minimum Gasteiger partial charge on any atom is -0.483 e. The van der Waals surface area contributed by atoms with Gasteiger partial charge < -0.3 is 15.0 Å². The van der Waals surface area contributed by atoms with Gasteiger partial charge in [0.15, 0.2) is 5.75 Å². The highest BCUT2D eigenvalue weighted by atomic mass is 16.5. The van der Waals surface area contributed by atoms with Gasteiger partial charge in [0.05, 0.1) is 0 Å². The molecule has 21 heavy (non-hydrogen) atoms. The van der Waals surface area contributed by atoms with Crippen LogP contribution in [-0.2, 0) is 13.2 Å². The summed E-state index contributed by atoms with van der Waals surface area (Å²) in [5.74, 6) is 0.365. The van der Waals surface area contributed by atoms with Gasteiger partial charge in [-0.3, -0.25) is 4.79 Å².